The Labute approximate surface area is 123 Å². The molecule has 0 aliphatic rings. The predicted octanol–water partition coefficient (Wildman–Crippen LogP) is 1.72. The zero-order valence-electron chi connectivity index (χ0n) is 11.2. The smallest absolute Gasteiger partial charge is 0.310 e. The molecule has 7 heteroatoms. The number of para-hydroxylation sites is 1. The van der Waals surface area contributed by atoms with Crippen molar-refractivity contribution in [3.8, 4) is 5.88 Å². The standard InChI is InChI=1S/C14H12N2O4S/c1-2-20-11(17)7-8-12(18)15-14-16(13(8)19)9-5-3-4-6-10(9)21-14/h3-6,18H,2,7H2,1H3. The lowest BCUT2D eigenvalue weighted by Gasteiger charge is -2.04. The summed E-state index contributed by atoms with van der Waals surface area (Å²) in [4.78, 5) is 28.5. The van der Waals surface area contributed by atoms with Crippen molar-refractivity contribution in [3.05, 3.63) is 40.2 Å². The van der Waals surface area contributed by atoms with Gasteiger partial charge >= 0.3 is 5.97 Å². The second kappa shape index (κ2) is 5.17. The fourth-order valence-corrected chi connectivity index (χ4v) is 3.16. The number of ether oxygens (including phenoxy) is 1. The van der Waals surface area contributed by atoms with Crippen LogP contribution >= 0.6 is 11.3 Å². The Morgan fingerprint density at radius 3 is 2.95 bits per heavy atom. The highest BCUT2D eigenvalue weighted by Gasteiger charge is 2.18. The van der Waals surface area contributed by atoms with E-state index in [1.165, 1.54) is 15.7 Å². The van der Waals surface area contributed by atoms with Gasteiger partial charge in [-0.2, -0.15) is 4.98 Å². The van der Waals surface area contributed by atoms with E-state index in [1.54, 1.807) is 13.0 Å². The molecule has 0 atom stereocenters. The first-order valence-corrected chi connectivity index (χ1v) is 7.21. The molecule has 2 aromatic heterocycles. The largest absolute Gasteiger partial charge is 0.493 e. The van der Waals surface area contributed by atoms with Crippen LogP contribution in [-0.2, 0) is 16.0 Å². The molecule has 2 heterocycles. The molecule has 3 aromatic rings. The highest BCUT2D eigenvalue weighted by Crippen LogP contribution is 2.25. The minimum Gasteiger partial charge on any atom is -0.493 e. The number of rotatable bonds is 3. The molecule has 0 radical (unpaired) electrons. The Balaban J connectivity index is 2.24. The van der Waals surface area contributed by atoms with Crippen LogP contribution in [0.25, 0.3) is 15.2 Å². The monoisotopic (exact) mass is 304 g/mol. The van der Waals surface area contributed by atoms with Crippen molar-refractivity contribution in [2.75, 3.05) is 6.61 Å². The summed E-state index contributed by atoms with van der Waals surface area (Å²) < 4.78 is 7.11. The lowest BCUT2D eigenvalue weighted by atomic mass is 10.2. The summed E-state index contributed by atoms with van der Waals surface area (Å²) in [6.45, 7) is 1.90. The molecule has 0 bridgehead atoms. The van der Waals surface area contributed by atoms with Gasteiger partial charge in [-0.25, -0.2) is 0 Å². The molecule has 0 spiro atoms. The summed E-state index contributed by atoms with van der Waals surface area (Å²) >= 11 is 1.30. The number of carbonyl (C=O) groups is 1. The van der Waals surface area contributed by atoms with E-state index < -0.39 is 17.4 Å². The molecule has 3 rings (SSSR count). The van der Waals surface area contributed by atoms with Crippen LogP contribution < -0.4 is 5.56 Å². The SMILES string of the molecule is CCOC(=O)Cc1c(O)nc2sc3ccccc3n2c1=O. The van der Waals surface area contributed by atoms with E-state index in [0.29, 0.717) is 10.5 Å². The van der Waals surface area contributed by atoms with Crippen LogP contribution in [-0.4, -0.2) is 27.1 Å². The summed E-state index contributed by atoms with van der Waals surface area (Å²) in [6.07, 6.45) is -0.293. The van der Waals surface area contributed by atoms with Crippen molar-refractivity contribution < 1.29 is 14.6 Å². The Bertz CT molecular complexity index is 897. The molecular formula is C14H12N2O4S. The summed E-state index contributed by atoms with van der Waals surface area (Å²) in [5, 5.41) is 9.91. The number of hydrogen-bond donors (Lipinski definition) is 1. The quantitative estimate of drug-likeness (QED) is 0.745. The molecule has 0 aliphatic heterocycles. The van der Waals surface area contributed by atoms with Gasteiger partial charge in [-0.15, -0.1) is 0 Å². The minimum absolute atomic E-state index is 0.0468. The number of thiazole rings is 1. The molecule has 0 saturated heterocycles. The van der Waals surface area contributed by atoms with Crippen molar-refractivity contribution in [2.45, 2.75) is 13.3 Å². The molecular weight excluding hydrogens is 292 g/mol. The summed E-state index contributed by atoms with van der Waals surface area (Å²) in [7, 11) is 0. The van der Waals surface area contributed by atoms with Gasteiger partial charge in [-0.05, 0) is 19.1 Å². The lowest BCUT2D eigenvalue weighted by molar-refractivity contribution is -0.142. The maximum Gasteiger partial charge on any atom is 0.310 e. The van der Waals surface area contributed by atoms with E-state index in [0.717, 1.165) is 4.70 Å². The van der Waals surface area contributed by atoms with E-state index >= 15 is 0 Å². The van der Waals surface area contributed by atoms with Crippen molar-refractivity contribution in [1.29, 1.82) is 0 Å². The van der Waals surface area contributed by atoms with E-state index in [2.05, 4.69) is 4.98 Å². The molecule has 6 nitrogen and oxygen atoms in total. The number of benzene rings is 1. The first-order chi connectivity index (χ1) is 10.1. The first kappa shape index (κ1) is 13.6. The van der Waals surface area contributed by atoms with E-state index in [4.69, 9.17) is 4.74 Å². The predicted molar refractivity (Wildman–Crippen MR) is 78.8 cm³/mol. The number of fused-ring (bicyclic) bond motifs is 3. The van der Waals surface area contributed by atoms with Gasteiger partial charge in [0.1, 0.15) is 0 Å². The molecule has 1 N–H and O–H groups in total. The van der Waals surface area contributed by atoms with Gasteiger partial charge < -0.3 is 9.84 Å². The number of carbonyl (C=O) groups excluding carboxylic acids is 1. The maximum absolute atomic E-state index is 12.5. The first-order valence-electron chi connectivity index (χ1n) is 6.39. The van der Waals surface area contributed by atoms with Gasteiger partial charge in [0.15, 0.2) is 0 Å². The van der Waals surface area contributed by atoms with Gasteiger partial charge in [0.2, 0.25) is 10.8 Å². The Morgan fingerprint density at radius 1 is 1.43 bits per heavy atom. The Morgan fingerprint density at radius 2 is 2.19 bits per heavy atom. The zero-order valence-corrected chi connectivity index (χ0v) is 12.0. The third kappa shape index (κ3) is 2.25. The van der Waals surface area contributed by atoms with Crippen LogP contribution in [0.5, 0.6) is 5.88 Å². The fraction of sp³-hybridized carbons (Fsp3) is 0.214. The molecule has 21 heavy (non-hydrogen) atoms. The second-order valence-electron chi connectivity index (χ2n) is 4.39. The van der Waals surface area contributed by atoms with Gasteiger partial charge in [0, 0.05) is 0 Å². The summed E-state index contributed by atoms with van der Waals surface area (Å²) in [5.74, 6) is -0.981. The summed E-state index contributed by atoms with van der Waals surface area (Å²) in [6, 6.07) is 7.35. The van der Waals surface area contributed by atoms with Crippen LogP contribution in [0.2, 0.25) is 0 Å². The average molecular weight is 304 g/mol. The zero-order chi connectivity index (χ0) is 15.0. The van der Waals surface area contributed by atoms with Gasteiger partial charge in [-0.3, -0.25) is 14.0 Å². The average Bonchev–Trinajstić information content (AvgIpc) is 2.81. The van der Waals surface area contributed by atoms with Crippen molar-refractivity contribution >= 4 is 32.5 Å². The van der Waals surface area contributed by atoms with E-state index in [9.17, 15) is 14.7 Å². The van der Waals surface area contributed by atoms with Gasteiger partial charge in [0.25, 0.3) is 5.56 Å². The van der Waals surface area contributed by atoms with E-state index in [-0.39, 0.29) is 18.6 Å². The van der Waals surface area contributed by atoms with Crippen LogP contribution in [0.4, 0.5) is 0 Å². The van der Waals surface area contributed by atoms with Gasteiger partial charge in [0.05, 0.1) is 28.8 Å². The summed E-state index contributed by atoms with van der Waals surface area (Å²) in [5.41, 5.74) is 0.220. The third-order valence-electron chi connectivity index (χ3n) is 3.06. The second-order valence-corrected chi connectivity index (χ2v) is 5.40. The molecule has 0 unspecified atom stereocenters. The molecule has 0 fully saturated rings. The van der Waals surface area contributed by atoms with Crippen LogP contribution in [0.3, 0.4) is 0 Å². The minimum atomic E-state index is -0.564. The van der Waals surface area contributed by atoms with Crippen molar-refractivity contribution in [2.24, 2.45) is 0 Å². The number of nitrogens with zero attached hydrogens (tertiary/aromatic N) is 2. The highest BCUT2D eigenvalue weighted by molar-refractivity contribution is 7.23. The fourth-order valence-electron chi connectivity index (χ4n) is 2.14. The lowest BCUT2D eigenvalue weighted by Crippen LogP contribution is -2.22. The molecule has 108 valence electrons. The van der Waals surface area contributed by atoms with Crippen molar-refractivity contribution in [3.63, 3.8) is 0 Å². The van der Waals surface area contributed by atoms with Crippen LogP contribution in [0.15, 0.2) is 29.1 Å². The molecule has 0 aliphatic carbocycles. The third-order valence-corrected chi connectivity index (χ3v) is 4.08. The van der Waals surface area contributed by atoms with Crippen molar-refractivity contribution in [1.82, 2.24) is 9.38 Å². The number of esters is 1. The Hall–Kier alpha value is -2.41. The normalized spacial score (nSPS) is 11.1. The molecule has 0 amide bonds. The van der Waals surface area contributed by atoms with Gasteiger partial charge in [-0.1, -0.05) is 23.5 Å². The van der Waals surface area contributed by atoms with Crippen LogP contribution in [0, 0.1) is 0 Å². The highest BCUT2D eigenvalue weighted by atomic mass is 32.1. The number of hydrogen-bond acceptors (Lipinski definition) is 6. The number of aromatic nitrogens is 2. The van der Waals surface area contributed by atoms with Crippen LogP contribution in [0.1, 0.15) is 12.5 Å². The molecule has 1 aromatic carbocycles. The van der Waals surface area contributed by atoms with E-state index in [1.807, 2.05) is 18.2 Å². The maximum atomic E-state index is 12.5. The molecule has 0 saturated carbocycles. The number of aromatic hydroxyl groups is 1. The topological polar surface area (TPSA) is 80.9 Å². The Kier molecular flexibility index (Phi) is 3.34.